The number of anilines is 2. The van der Waals surface area contributed by atoms with E-state index in [-0.39, 0.29) is 0 Å². The monoisotopic (exact) mass is 497 g/mol. The molecular formula is C38H27N. The molecule has 39 heavy (non-hydrogen) atoms. The number of nitrogens with one attached hydrogen (secondary N) is 1. The van der Waals surface area contributed by atoms with Crippen molar-refractivity contribution >= 4 is 32.9 Å². The maximum absolute atomic E-state index is 3.60. The molecule has 7 rings (SSSR count). The standard InChI is InChI=1S/C38H27N/c1-3-9-27(10-4-1)31-17-18-33-26-35(24-21-32(33)25-31)39-34-22-19-29(20-23-34)37-16-8-14-30-13-7-15-36(38(30)37)28-11-5-2-6-12-28/h1-26,39H. The summed E-state index contributed by atoms with van der Waals surface area (Å²) in [5.74, 6) is 0. The second-order valence-corrected chi connectivity index (χ2v) is 9.92. The average Bonchev–Trinajstić information content (AvgIpc) is 3.01. The van der Waals surface area contributed by atoms with E-state index in [1.54, 1.807) is 0 Å². The Hall–Kier alpha value is -5.14. The van der Waals surface area contributed by atoms with E-state index in [0.717, 1.165) is 11.4 Å². The minimum absolute atomic E-state index is 1.07. The molecule has 0 aliphatic carbocycles. The largest absolute Gasteiger partial charge is 0.356 e. The van der Waals surface area contributed by atoms with Gasteiger partial charge in [0.15, 0.2) is 0 Å². The summed E-state index contributed by atoms with van der Waals surface area (Å²) in [5, 5.41) is 8.60. The van der Waals surface area contributed by atoms with Gasteiger partial charge in [0.2, 0.25) is 0 Å². The number of hydrogen-bond donors (Lipinski definition) is 1. The fraction of sp³-hybridized carbons (Fsp3) is 0. The van der Waals surface area contributed by atoms with Crippen LogP contribution in [-0.4, -0.2) is 0 Å². The SMILES string of the molecule is c1ccc(-c2ccc3cc(Nc4ccc(-c5cccc6cccc(-c7ccccc7)c56)cc4)ccc3c2)cc1. The fourth-order valence-corrected chi connectivity index (χ4v) is 5.47. The van der Waals surface area contributed by atoms with Crippen molar-refractivity contribution in [1.82, 2.24) is 0 Å². The molecule has 0 unspecified atom stereocenters. The van der Waals surface area contributed by atoms with Crippen LogP contribution in [0.15, 0.2) is 158 Å². The van der Waals surface area contributed by atoms with Gasteiger partial charge in [0.05, 0.1) is 0 Å². The van der Waals surface area contributed by atoms with Gasteiger partial charge in [0.25, 0.3) is 0 Å². The molecule has 0 bridgehead atoms. The van der Waals surface area contributed by atoms with E-state index in [1.165, 1.54) is 54.9 Å². The molecule has 0 saturated heterocycles. The van der Waals surface area contributed by atoms with E-state index in [1.807, 2.05) is 0 Å². The van der Waals surface area contributed by atoms with Crippen LogP contribution in [-0.2, 0) is 0 Å². The van der Waals surface area contributed by atoms with Crippen molar-refractivity contribution in [2.24, 2.45) is 0 Å². The summed E-state index contributed by atoms with van der Waals surface area (Å²) in [7, 11) is 0. The molecule has 1 N–H and O–H groups in total. The third-order valence-electron chi connectivity index (χ3n) is 7.42. The number of hydrogen-bond acceptors (Lipinski definition) is 1. The van der Waals surface area contributed by atoms with Crippen LogP contribution in [0.4, 0.5) is 11.4 Å². The van der Waals surface area contributed by atoms with Crippen molar-refractivity contribution in [2.75, 3.05) is 5.32 Å². The number of fused-ring (bicyclic) bond motifs is 2. The van der Waals surface area contributed by atoms with Gasteiger partial charge in [-0.3, -0.25) is 0 Å². The quantitative estimate of drug-likeness (QED) is 0.249. The Morgan fingerprint density at radius 2 is 0.846 bits per heavy atom. The molecule has 7 aromatic carbocycles. The predicted octanol–water partition coefficient (Wildman–Crippen LogP) is 10.7. The predicted molar refractivity (Wildman–Crippen MR) is 167 cm³/mol. The van der Waals surface area contributed by atoms with Gasteiger partial charge in [-0.2, -0.15) is 0 Å². The Morgan fingerprint density at radius 3 is 1.54 bits per heavy atom. The summed E-state index contributed by atoms with van der Waals surface area (Å²) in [5.41, 5.74) is 9.59. The van der Waals surface area contributed by atoms with Gasteiger partial charge in [-0.1, -0.05) is 127 Å². The Kier molecular flexibility index (Phi) is 5.88. The first kappa shape index (κ1) is 23.0. The minimum atomic E-state index is 1.07. The molecule has 0 fully saturated rings. The lowest BCUT2D eigenvalue weighted by Crippen LogP contribution is -1.91. The van der Waals surface area contributed by atoms with Gasteiger partial charge in [-0.15, -0.1) is 0 Å². The molecule has 7 aromatic rings. The third kappa shape index (κ3) is 4.56. The highest BCUT2D eigenvalue weighted by Crippen LogP contribution is 2.37. The Bertz CT molecular complexity index is 1900. The fourth-order valence-electron chi connectivity index (χ4n) is 5.47. The first-order chi connectivity index (χ1) is 19.3. The van der Waals surface area contributed by atoms with Crippen LogP contribution in [0.3, 0.4) is 0 Å². The molecule has 0 heterocycles. The molecule has 0 radical (unpaired) electrons. The lowest BCUT2D eigenvalue weighted by Gasteiger charge is -2.14. The second-order valence-electron chi connectivity index (χ2n) is 9.92. The molecule has 0 spiro atoms. The zero-order chi connectivity index (χ0) is 26.0. The minimum Gasteiger partial charge on any atom is -0.356 e. The maximum atomic E-state index is 3.60. The summed E-state index contributed by atoms with van der Waals surface area (Å²) in [6, 6.07) is 56.3. The Morgan fingerprint density at radius 1 is 0.308 bits per heavy atom. The van der Waals surface area contributed by atoms with Crippen LogP contribution >= 0.6 is 0 Å². The van der Waals surface area contributed by atoms with Crippen LogP contribution in [0.25, 0.3) is 54.9 Å². The summed E-state index contributed by atoms with van der Waals surface area (Å²) < 4.78 is 0. The Labute approximate surface area is 229 Å². The van der Waals surface area contributed by atoms with Gasteiger partial charge in [-0.05, 0) is 85.3 Å². The van der Waals surface area contributed by atoms with Crippen molar-refractivity contribution in [3.63, 3.8) is 0 Å². The van der Waals surface area contributed by atoms with E-state index in [2.05, 4.69) is 163 Å². The van der Waals surface area contributed by atoms with Crippen LogP contribution < -0.4 is 5.32 Å². The highest BCUT2D eigenvalue weighted by atomic mass is 14.9. The van der Waals surface area contributed by atoms with Crippen molar-refractivity contribution < 1.29 is 0 Å². The summed E-state index contributed by atoms with van der Waals surface area (Å²) in [6.07, 6.45) is 0. The third-order valence-corrected chi connectivity index (χ3v) is 7.42. The van der Waals surface area contributed by atoms with Gasteiger partial charge >= 0.3 is 0 Å². The van der Waals surface area contributed by atoms with Gasteiger partial charge in [0, 0.05) is 11.4 Å². The van der Waals surface area contributed by atoms with Gasteiger partial charge in [0.1, 0.15) is 0 Å². The molecule has 1 nitrogen and oxygen atoms in total. The maximum Gasteiger partial charge on any atom is 0.0390 e. The average molecular weight is 498 g/mol. The zero-order valence-electron chi connectivity index (χ0n) is 21.5. The highest BCUT2D eigenvalue weighted by Gasteiger charge is 2.10. The first-order valence-electron chi connectivity index (χ1n) is 13.4. The molecular weight excluding hydrogens is 470 g/mol. The lowest BCUT2D eigenvalue weighted by atomic mass is 9.91. The summed E-state index contributed by atoms with van der Waals surface area (Å²) in [4.78, 5) is 0. The van der Waals surface area contributed by atoms with Crippen molar-refractivity contribution in [3.05, 3.63) is 158 Å². The van der Waals surface area contributed by atoms with Crippen molar-refractivity contribution in [3.8, 4) is 33.4 Å². The lowest BCUT2D eigenvalue weighted by molar-refractivity contribution is 1.56. The van der Waals surface area contributed by atoms with Crippen LogP contribution in [0, 0.1) is 0 Å². The van der Waals surface area contributed by atoms with Gasteiger partial charge in [-0.25, -0.2) is 0 Å². The van der Waals surface area contributed by atoms with Crippen molar-refractivity contribution in [2.45, 2.75) is 0 Å². The molecule has 0 aliphatic rings. The normalized spacial score (nSPS) is 11.1. The van der Waals surface area contributed by atoms with Crippen LogP contribution in [0.1, 0.15) is 0 Å². The summed E-state index contributed by atoms with van der Waals surface area (Å²) >= 11 is 0. The zero-order valence-corrected chi connectivity index (χ0v) is 21.5. The summed E-state index contributed by atoms with van der Waals surface area (Å²) in [6.45, 7) is 0. The van der Waals surface area contributed by atoms with Crippen LogP contribution in [0.2, 0.25) is 0 Å². The highest BCUT2D eigenvalue weighted by molar-refractivity contribution is 6.06. The molecule has 0 atom stereocenters. The topological polar surface area (TPSA) is 12.0 Å². The molecule has 1 heteroatoms. The van der Waals surface area contributed by atoms with E-state index in [0.29, 0.717) is 0 Å². The first-order valence-corrected chi connectivity index (χ1v) is 13.4. The molecule has 0 aliphatic heterocycles. The second kappa shape index (κ2) is 9.96. The number of rotatable bonds is 5. The molecule has 184 valence electrons. The van der Waals surface area contributed by atoms with Crippen LogP contribution in [0.5, 0.6) is 0 Å². The number of benzene rings is 7. The van der Waals surface area contributed by atoms with E-state index in [4.69, 9.17) is 0 Å². The smallest absolute Gasteiger partial charge is 0.0390 e. The molecule has 0 saturated carbocycles. The molecule has 0 aromatic heterocycles. The van der Waals surface area contributed by atoms with Crippen molar-refractivity contribution in [1.29, 1.82) is 0 Å². The Balaban J connectivity index is 1.18. The molecule has 0 amide bonds. The van der Waals surface area contributed by atoms with Gasteiger partial charge < -0.3 is 5.32 Å². The van der Waals surface area contributed by atoms with E-state index < -0.39 is 0 Å². The van der Waals surface area contributed by atoms with E-state index in [9.17, 15) is 0 Å². The van der Waals surface area contributed by atoms with E-state index >= 15 is 0 Å².